The van der Waals surface area contributed by atoms with Crippen molar-refractivity contribution in [3.05, 3.63) is 84.4 Å². The van der Waals surface area contributed by atoms with E-state index in [1.807, 2.05) is 30.3 Å². The van der Waals surface area contributed by atoms with Gasteiger partial charge in [-0.25, -0.2) is 8.42 Å². The smallest absolute Gasteiger partial charge is 0.243 e. The predicted molar refractivity (Wildman–Crippen MR) is 126 cm³/mol. The second-order valence-electron chi connectivity index (χ2n) is 7.65. The Labute approximate surface area is 194 Å². The number of nitrogens with one attached hydrogen (secondary N) is 1. The summed E-state index contributed by atoms with van der Waals surface area (Å²) in [6.45, 7) is 1.55. The van der Waals surface area contributed by atoms with E-state index in [2.05, 4.69) is 5.32 Å². The topological polar surface area (TPSA) is 84.9 Å². The molecule has 1 aliphatic rings. The second-order valence-corrected chi connectivity index (χ2v) is 9.59. The van der Waals surface area contributed by atoms with Crippen molar-refractivity contribution in [1.29, 1.82) is 0 Å². The lowest BCUT2D eigenvalue weighted by atomic mass is 10.1. The number of amides is 1. The van der Waals surface area contributed by atoms with Gasteiger partial charge in [-0.15, -0.1) is 0 Å². The molecule has 0 aliphatic carbocycles. The zero-order valence-corrected chi connectivity index (χ0v) is 19.0. The summed E-state index contributed by atoms with van der Waals surface area (Å²) in [6.07, 6.45) is 0.802. The summed E-state index contributed by atoms with van der Waals surface area (Å²) in [4.78, 5) is 12.6. The van der Waals surface area contributed by atoms with Crippen molar-refractivity contribution in [3.63, 3.8) is 0 Å². The maximum Gasteiger partial charge on any atom is 0.243 e. The normalized spacial score (nSPS) is 14.5. The van der Waals surface area contributed by atoms with Crippen LogP contribution >= 0.6 is 0 Å². The lowest BCUT2D eigenvalue weighted by molar-refractivity contribution is -0.116. The number of anilines is 1. The number of benzene rings is 3. The Balaban J connectivity index is 1.27. The van der Waals surface area contributed by atoms with Gasteiger partial charge < -0.3 is 14.8 Å². The molecule has 1 amide bonds. The van der Waals surface area contributed by atoms with Crippen LogP contribution in [0.5, 0.6) is 11.5 Å². The summed E-state index contributed by atoms with van der Waals surface area (Å²) < 4.78 is 37.8. The number of sulfonamides is 1. The van der Waals surface area contributed by atoms with E-state index >= 15 is 0 Å². The minimum atomic E-state index is -3.51. The molecule has 1 saturated heterocycles. The molecular formula is C25H26N2O5S. The Morgan fingerprint density at radius 3 is 2.18 bits per heavy atom. The number of hydrogen-bond donors (Lipinski definition) is 1. The minimum absolute atomic E-state index is 0.114. The number of rotatable bonds is 8. The lowest BCUT2D eigenvalue weighted by Gasteiger charge is -2.26. The molecule has 4 rings (SSSR count). The average molecular weight is 467 g/mol. The number of aryl methyl sites for hydroxylation is 1. The van der Waals surface area contributed by atoms with Crippen LogP contribution < -0.4 is 10.1 Å². The number of carbonyl (C=O) groups is 1. The second kappa shape index (κ2) is 10.6. The molecule has 33 heavy (non-hydrogen) atoms. The minimum Gasteiger partial charge on any atom is -0.457 e. The SMILES string of the molecule is O=C(CCc1ccc(S(=O)(=O)N2CCOCC2)cc1)Nc1ccc(Oc2ccccc2)cc1. The van der Waals surface area contributed by atoms with Gasteiger partial charge in [-0.3, -0.25) is 4.79 Å². The van der Waals surface area contributed by atoms with Crippen LogP contribution in [0.4, 0.5) is 5.69 Å². The molecule has 0 aromatic heterocycles. The molecule has 172 valence electrons. The molecule has 0 bridgehead atoms. The quantitative estimate of drug-likeness (QED) is 0.541. The standard InChI is InChI=1S/C25H26N2O5S/c28-25(26-21-9-11-23(12-10-21)32-22-4-2-1-3-5-22)15-8-20-6-13-24(14-7-20)33(29,30)27-16-18-31-19-17-27/h1-7,9-14H,8,15-19H2,(H,26,28). The highest BCUT2D eigenvalue weighted by molar-refractivity contribution is 7.89. The largest absolute Gasteiger partial charge is 0.457 e. The van der Waals surface area contributed by atoms with Crippen molar-refractivity contribution >= 4 is 21.6 Å². The van der Waals surface area contributed by atoms with E-state index in [4.69, 9.17) is 9.47 Å². The van der Waals surface area contributed by atoms with E-state index in [9.17, 15) is 13.2 Å². The Kier molecular flexibility index (Phi) is 7.39. The molecule has 0 spiro atoms. The Morgan fingerprint density at radius 2 is 1.52 bits per heavy atom. The third-order valence-electron chi connectivity index (χ3n) is 5.29. The maximum atomic E-state index is 12.7. The molecule has 7 nitrogen and oxygen atoms in total. The Bertz CT molecular complexity index is 1160. The average Bonchev–Trinajstić information content (AvgIpc) is 2.85. The van der Waals surface area contributed by atoms with Crippen LogP contribution in [0.3, 0.4) is 0 Å². The van der Waals surface area contributed by atoms with Gasteiger partial charge in [0.2, 0.25) is 15.9 Å². The van der Waals surface area contributed by atoms with E-state index in [0.717, 1.165) is 11.3 Å². The Morgan fingerprint density at radius 1 is 0.879 bits per heavy atom. The first-order valence-corrected chi connectivity index (χ1v) is 12.2. The zero-order valence-electron chi connectivity index (χ0n) is 18.1. The van der Waals surface area contributed by atoms with Crippen molar-refractivity contribution < 1.29 is 22.7 Å². The summed E-state index contributed by atoms with van der Waals surface area (Å²) in [7, 11) is -3.51. The van der Waals surface area contributed by atoms with Gasteiger partial charge in [0, 0.05) is 25.2 Å². The van der Waals surface area contributed by atoms with Crippen LogP contribution in [0.15, 0.2) is 83.8 Å². The van der Waals surface area contributed by atoms with Gasteiger partial charge in [0.25, 0.3) is 0 Å². The molecule has 0 atom stereocenters. The van der Waals surface area contributed by atoms with Crippen molar-refractivity contribution in [3.8, 4) is 11.5 Å². The van der Waals surface area contributed by atoms with E-state index in [0.29, 0.717) is 44.2 Å². The molecule has 0 unspecified atom stereocenters. The van der Waals surface area contributed by atoms with Crippen molar-refractivity contribution in [2.24, 2.45) is 0 Å². The number of nitrogens with zero attached hydrogens (tertiary/aromatic N) is 1. The van der Waals surface area contributed by atoms with Gasteiger partial charge in [-0.05, 0) is 60.5 Å². The fourth-order valence-corrected chi connectivity index (χ4v) is 4.88. The molecule has 3 aromatic rings. The number of carbonyl (C=O) groups excluding carboxylic acids is 1. The number of para-hydroxylation sites is 1. The van der Waals surface area contributed by atoms with Crippen molar-refractivity contribution in [2.45, 2.75) is 17.7 Å². The number of morpholine rings is 1. The first-order chi connectivity index (χ1) is 16.0. The Hall–Kier alpha value is -3.20. The summed E-state index contributed by atoms with van der Waals surface area (Å²) in [5.74, 6) is 1.32. The maximum absolute atomic E-state index is 12.7. The van der Waals surface area contributed by atoms with Crippen molar-refractivity contribution in [1.82, 2.24) is 4.31 Å². The molecule has 0 radical (unpaired) electrons. The summed E-state index contributed by atoms with van der Waals surface area (Å²) in [6, 6.07) is 23.4. The summed E-state index contributed by atoms with van der Waals surface area (Å²) >= 11 is 0. The fraction of sp³-hybridized carbons (Fsp3) is 0.240. The number of hydrogen-bond acceptors (Lipinski definition) is 5. The van der Waals surface area contributed by atoms with Gasteiger partial charge in [0.15, 0.2) is 0 Å². The fourth-order valence-electron chi connectivity index (χ4n) is 3.48. The highest BCUT2D eigenvalue weighted by atomic mass is 32.2. The molecule has 1 N–H and O–H groups in total. The zero-order chi connectivity index (χ0) is 23.1. The van der Waals surface area contributed by atoms with Crippen LogP contribution in [0, 0.1) is 0 Å². The third kappa shape index (κ3) is 6.19. The molecule has 3 aromatic carbocycles. The van der Waals surface area contributed by atoms with Gasteiger partial charge >= 0.3 is 0 Å². The molecule has 1 heterocycles. The van der Waals surface area contributed by atoms with Gasteiger partial charge in [-0.1, -0.05) is 30.3 Å². The van der Waals surface area contributed by atoms with Crippen LogP contribution in [-0.2, 0) is 26.0 Å². The van der Waals surface area contributed by atoms with Crippen LogP contribution in [0.2, 0.25) is 0 Å². The van der Waals surface area contributed by atoms with Crippen molar-refractivity contribution in [2.75, 3.05) is 31.6 Å². The van der Waals surface area contributed by atoms with Gasteiger partial charge in [-0.2, -0.15) is 4.31 Å². The number of ether oxygens (including phenoxy) is 2. The highest BCUT2D eigenvalue weighted by Crippen LogP contribution is 2.23. The van der Waals surface area contributed by atoms with Gasteiger partial charge in [0.05, 0.1) is 18.1 Å². The lowest BCUT2D eigenvalue weighted by Crippen LogP contribution is -2.40. The molecule has 0 saturated carbocycles. The van der Waals surface area contributed by atoms with Crippen LogP contribution in [0.25, 0.3) is 0 Å². The first-order valence-electron chi connectivity index (χ1n) is 10.8. The van der Waals surface area contributed by atoms with E-state index in [-0.39, 0.29) is 17.2 Å². The van der Waals surface area contributed by atoms with Crippen LogP contribution in [-0.4, -0.2) is 44.9 Å². The summed E-state index contributed by atoms with van der Waals surface area (Å²) in [5, 5.41) is 2.87. The molecule has 1 aliphatic heterocycles. The van der Waals surface area contributed by atoms with Crippen LogP contribution in [0.1, 0.15) is 12.0 Å². The first kappa shape index (κ1) is 23.0. The molecular weight excluding hydrogens is 440 g/mol. The molecule has 1 fully saturated rings. The van der Waals surface area contributed by atoms with Gasteiger partial charge in [0.1, 0.15) is 11.5 Å². The third-order valence-corrected chi connectivity index (χ3v) is 7.20. The predicted octanol–water partition coefficient (Wildman–Crippen LogP) is 4.07. The highest BCUT2D eigenvalue weighted by Gasteiger charge is 2.26. The van der Waals surface area contributed by atoms with E-state index in [1.165, 1.54) is 4.31 Å². The van der Waals surface area contributed by atoms with E-state index < -0.39 is 10.0 Å². The summed E-state index contributed by atoms with van der Waals surface area (Å²) in [5.41, 5.74) is 1.59. The van der Waals surface area contributed by atoms with E-state index in [1.54, 1.807) is 48.5 Å². The monoisotopic (exact) mass is 466 g/mol. The molecule has 8 heteroatoms.